The van der Waals surface area contributed by atoms with Crippen molar-refractivity contribution in [1.29, 1.82) is 0 Å². The molecule has 0 amide bonds. The molecule has 0 spiro atoms. The molecule has 0 saturated heterocycles. The van der Waals surface area contributed by atoms with Gasteiger partial charge in [0.15, 0.2) is 0 Å². The number of furan rings is 1. The number of aromatic nitrogens is 3. The molecular formula is C63H69IrN3OSi. The maximum Gasteiger partial charge on any atom is 0.144 e. The molecule has 355 valence electrons. The van der Waals surface area contributed by atoms with Gasteiger partial charge in [0.1, 0.15) is 11.2 Å². The van der Waals surface area contributed by atoms with Crippen molar-refractivity contribution >= 4 is 35.2 Å². The summed E-state index contributed by atoms with van der Waals surface area (Å²) in [4.78, 5) is 13.8. The van der Waals surface area contributed by atoms with E-state index < -0.39 is 8.07 Å². The Bertz CT molecular complexity index is 3110. The Morgan fingerprint density at radius 2 is 1.23 bits per heavy atom. The number of para-hydroxylation sites is 1. The first-order valence-electron chi connectivity index (χ1n) is 24.8. The van der Waals surface area contributed by atoms with Crippen molar-refractivity contribution in [1.82, 2.24) is 15.0 Å². The summed E-state index contributed by atoms with van der Waals surface area (Å²) in [6.45, 7) is 23.0. The van der Waals surface area contributed by atoms with Gasteiger partial charge in [-0.25, -0.2) is 0 Å². The molecule has 0 unspecified atom stereocenters. The van der Waals surface area contributed by atoms with Crippen molar-refractivity contribution in [3.05, 3.63) is 192 Å². The van der Waals surface area contributed by atoms with Crippen LogP contribution in [0.5, 0.6) is 0 Å². The Kier molecular flexibility index (Phi) is 16.5. The number of aryl methyl sites for hydroxylation is 3. The minimum Gasteiger partial charge on any atom is -0.455 e. The zero-order valence-corrected chi connectivity index (χ0v) is 45.8. The first-order chi connectivity index (χ1) is 32.7. The van der Waals surface area contributed by atoms with E-state index in [4.69, 9.17) is 14.4 Å². The van der Waals surface area contributed by atoms with Crippen LogP contribution in [-0.2, 0) is 31.9 Å². The third-order valence-corrected chi connectivity index (χ3v) is 16.2. The Balaban J connectivity index is 0.000000173. The molecule has 6 heteroatoms. The zero-order chi connectivity index (χ0) is 48.0. The molecule has 0 N–H and O–H groups in total. The van der Waals surface area contributed by atoms with Crippen LogP contribution in [0.1, 0.15) is 94.0 Å². The topological polar surface area (TPSA) is 51.8 Å². The maximum atomic E-state index is 6.57. The molecular weight excluding hydrogens is 1040 g/mol. The van der Waals surface area contributed by atoms with E-state index in [-0.39, 0.29) is 25.5 Å². The fourth-order valence-corrected chi connectivity index (χ4v) is 11.8. The monoisotopic (exact) mass is 1100 g/mol. The molecule has 1 aliphatic rings. The number of pyridine rings is 3. The van der Waals surface area contributed by atoms with Crippen LogP contribution >= 0.6 is 0 Å². The van der Waals surface area contributed by atoms with E-state index in [1.54, 1.807) is 0 Å². The second-order valence-corrected chi connectivity index (χ2v) is 25.6. The van der Waals surface area contributed by atoms with E-state index in [9.17, 15) is 0 Å². The van der Waals surface area contributed by atoms with Crippen molar-refractivity contribution in [3.8, 4) is 44.9 Å². The summed E-state index contributed by atoms with van der Waals surface area (Å²) in [6.07, 6.45) is 12.4. The van der Waals surface area contributed by atoms with E-state index in [0.717, 1.165) is 56.9 Å². The molecule has 0 bridgehead atoms. The molecule has 5 aromatic carbocycles. The number of hydrogen-bond acceptors (Lipinski definition) is 4. The normalized spacial score (nSPS) is 12.9. The Hall–Kier alpha value is -5.78. The second kappa shape index (κ2) is 22.3. The van der Waals surface area contributed by atoms with Crippen LogP contribution in [0, 0.1) is 19.8 Å². The van der Waals surface area contributed by atoms with Crippen LogP contribution in [0.25, 0.3) is 66.8 Å². The fourth-order valence-electron chi connectivity index (χ4n) is 10.1. The molecule has 4 aromatic heterocycles. The van der Waals surface area contributed by atoms with Crippen LogP contribution in [0.3, 0.4) is 0 Å². The molecule has 0 aliphatic heterocycles. The van der Waals surface area contributed by atoms with Gasteiger partial charge in [-0.15, -0.1) is 0 Å². The number of hydrogen-bond donors (Lipinski definition) is 0. The fraction of sp³-hybridized carbons (Fsp3) is 0.286. The third kappa shape index (κ3) is 11.6. The van der Waals surface area contributed by atoms with Crippen LogP contribution in [0.15, 0.2) is 169 Å². The van der Waals surface area contributed by atoms with Gasteiger partial charge in [-0.1, -0.05) is 164 Å². The summed E-state index contributed by atoms with van der Waals surface area (Å²) in [5.41, 5.74) is 17.8. The summed E-state index contributed by atoms with van der Waals surface area (Å²) in [5, 5.41) is 3.79. The predicted molar refractivity (Wildman–Crippen MR) is 293 cm³/mol. The molecule has 1 aliphatic carbocycles. The molecule has 1 radical (unpaired) electrons. The van der Waals surface area contributed by atoms with Crippen LogP contribution in [0.4, 0.5) is 0 Å². The van der Waals surface area contributed by atoms with Gasteiger partial charge in [-0.2, -0.15) is 0 Å². The third-order valence-electron chi connectivity index (χ3n) is 14.2. The van der Waals surface area contributed by atoms with E-state index in [1.807, 2.05) is 36.7 Å². The number of fused-ring (bicyclic) bond motifs is 3. The summed E-state index contributed by atoms with van der Waals surface area (Å²) in [6, 6.07) is 51.2. The smallest absolute Gasteiger partial charge is 0.144 e. The van der Waals surface area contributed by atoms with Gasteiger partial charge in [0, 0.05) is 66.2 Å². The minimum absolute atomic E-state index is 0. The second-order valence-electron chi connectivity index (χ2n) is 20.6. The summed E-state index contributed by atoms with van der Waals surface area (Å²) < 4.78 is 6.57. The van der Waals surface area contributed by atoms with Crippen molar-refractivity contribution in [2.75, 3.05) is 0 Å². The number of benzene rings is 5. The molecule has 0 atom stereocenters. The average molecular weight is 1100 g/mol. The van der Waals surface area contributed by atoms with Gasteiger partial charge in [0.05, 0.1) is 25.2 Å². The van der Waals surface area contributed by atoms with Crippen molar-refractivity contribution < 1.29 is 24.5 Å². The first-order valence-corrected chi connectivity index (χ1v) is 28.3. The summed E-state index contributed by atoms with van der Waals surface area (Å²) in [7, 11) is -1.33. The molecule has 1 fully saturated rings. The van der Waals surface area contributed by atoms with E-state index in [2.05, 4.69) is 201 Å². The first kappa shape index (κ1) is 51.1. The summed E-state index contributed by atoms with van der Waals surface area (Å²) in [5.74, 6) is 1.29. The minimum atomic E-state index is -1.33. The quantitative estimate of drug-likeness (QED) is 0.135. The SMILES string of the molecule is CC(C)c1cc(-c2ccccc2)ncc1[Si](C)(C)C.CCc1ccnc(-c2ccccc2)c1.Cc1cccc(C)c1-c1ccc2c(c1)oc1c(-c3cc(C(C)(C)C4CCCC4)ccn3)cccc12.[Ir]. The standard InChI is InChI=1S/C33H33NO.C17H23NSi.C13H13N.Ir/c1-21-9-7-10-22(2)31(21)23-15-16-26-27-13-8-14-28(32(27)35-30(26)19-23)29-20-25(17-18-34-29)33(3,4)24-11-5-6-12-24;1-13(2)15-11-16(14-9-7-6-8-10-14)18-12-17(15)19(3,4)5;1-2-11-8-9-14-13(10-11)12-6-4-3-5-7-12;/h7-10,13-20,24H,5-6,11-12H2,1-4H3;6-13H,1-5H3;3-10H,2H2,1H3;. The van der Waals surface area contributed by atoms with Crippen molar-refractivity contribution in [3.63, 3.8) is 0 Å². The van der Waals surface area contributed by atoms with Gasteiger partial charge in [-0.05, 0) is 143 Å². The van der Waals surface area contributed by atoms with Crippen molar-refractivity contribution in [2.45, 2.75) is 112 Å². The molecule has 9 aromatic rings. The molecule has 4 heterocycles. The van der Waals surface area contributed by atoms with Gasteiger partial charge in [0.25, 0.3) is 0 Å². The van der Waals surface area contributed by atoms with Crippen LogP contribution in [-0.4, -0.2) is 23.0 Å². The Morgan fingerprint density at radius 1 is 0.623 bits per heavy atom. The van der Waals surface area contributed by atoms with Crippen LogP contribution in [0.2, 0.25) is 19.6 Å². The van der Waals surface area contributed by atoms with Gasteiger partial charge in [-0.3, -0.25) is 15.0 Å². The van der Waals surface area contributed by atoms with Gasteiger partial charge < -0.3 is 4.42 Å². The number of rotatable bonds is 9. The summed E-state index contributed by atoms with van der Waals surface area (Å²) >= 11 is 0. The van der Waals surface area contributed by atoms with Gasteiger partial charge in [0.2, 0.25) is 0 Å². The molecule has 1 saturated carbocycles. The van der Waals surface area contributed by atoms with E-state index >= 15 is 0 Å². The molecule has 10 rings (SSSR count). The van der Waals surface area contributed by atoms with Gasteiger partial charge >= 0.3 is 0 Å². The van der Waals surface area contributed by atoms with E-state index in [1.165, 1.54) is 80.9 Å². The zero-order valence-electron chi connectivity index (χ0n) is 42.4. The predicted octanol–water partition coefficient (Wildman–Crippen LogP) is 17.1. The van der Waals surface area contributed by atoms with E-state index in [0.29, 0.717) is 5.92 Å². The maximum absolute atomic E-state index is 6.57. The van der Waals surface area contributed by atoms with Crippen LogP contribution < -0.4 is 5.19 Å². The Morgan fingerprint density at radius 3 is 1.86 bits per heavy atom. The average Bonchev–Trinajstić information content (AvgIpc) is 4.04. The largest absolute Gasteiger partial charge is 0.455 e. The Labute approximate surface area is 426 Å². The number of nitrogens with zero attached hydrogens (tertiary/aromatic N) is 3. The molecule has 69 heavy (non-hydrogen) atoms. The van der Waals surface area contributed by atoms with Crippen molar-refractivity contribution in [2.24, 2.45) is 5.92 Å². The molecule has 4 nitrogen and oxygen atoms in total.